The number of benzene rings is 2. The number of carbonyl (C=O) groups is 1. The van der Waals surface area contributed by atoms with Crippen LogP contribution in [-0.4, -0.2) is 34.7 Å². The number of amides is 1. The molecule has 0 bridgehead atoms. The maximum absolute atomic E-state index is 12.2. The van der Waals surface area contributed by atoms with Gasteiger partial charge in [0, 0.05) is 30.6 Å². The van der Waals surface area contributed by atoms with E-state index in [1.54, 1.807) is 11.0 Å². The first-order valence-electron chi connectivity index (χ1n) is 10.9. The Labute approximate surface area is 202 Å². The van der Waals surface area contributed by atoms with Gasteiger partial charge in [-0.3, -0.25) is 0 Å². The van der Waals surface area contributed by atoms with Crippen LogP contribution >= 0.6 is 16.3 Å². The van der Waals surface area contributed by atoms with Crippen LogP contribution in [0.15, 0.2) is 66.7 Å². The molecule has 0 saturated carbocycles. The van der Waals surface area contributed by atoms with Crippen molar-refractivity contribution in [1.82, 2.24) is 9.88 Å². The topological polar surface area (TPSA) is 60.9 Å². The molecule has 4 rings (SSSR count). The van der Waals surface area contributed by atoms with E-state index in [4.69, 9.17) is 13.3 Å². The van der Waals surface area contributed by atoms with Crippen LogP contribution in [0.5, 0.6) is 11.8 Å². The number of pyridine rings is 1. The van der Waals surface area contributed by atoms with Gasteiger partial charge in [0.05, 0.1) is 0 Å². The molecule has 1 aliphatic rings. The van der Waals surface area contributed by atoms with Crippen molar-refractivity contribution in [2.24, 2.45) is 0 Å². The average Bonchev–Trinajstić information content (AvgIpc) is 2.76. The summed E-state index contributed by atoms with van der Waals surface area (Å²) in [4.78, 5) is 18.4. The number of aromatic nitrogens is 1. The normalized spacial score (nSPS) is 13.9. The van der Waals surface area contributed by atoms with Gasteiger partial charge >= 0.3 is 6.09 Å². The van der Waals surface area contributed by atoms with Crippen molar-refractivity contribution < 1.29 is 18.1 Å². The van der Waals surface area contributed by atoms with E-state index in [2.05, 4.69) is 45.5 Å². The molecule has 33 heavy (non-hydrogen) atoms. The second kappa shape index (κ2) is 9.83. The van der Waals surface area contributed by atoms with E-state index in [0.717, 1.165) is 16.7 Å². The molecule has 1 fully saturated rings. The molecule has 1 saturated heterocycles. The Morgan fingerprint density at radius 3 is 2.36 bits per heavy atom. The van der Waals surface area contributed by atoms with E-state index in [9.17, 15) is 4.79 Å². The van der Waals surface area contributed by atoms with Gasteiger partial charge in [0.1, 0.15) is 12.2 Å². The van der Waals surface area contributed by atoms with E-state index in [0.29, 0.717) is 37.4 Å². The Balaban J connectivity index is 1.45. The highest BCUT2D eigenvalue weighted by Crippen LogP contribution is 2.34. The van der Waals surface area contributed by atoms with Gasteiger partial charge in [0.15, 0.2) is 16.3 Å². The SMILES string of the molecule is CC(C)(C)OC(=O)N1CC(c2ccc(-c3ccc(OBr)nc3OCc3ccccc3)cc2)C1. The van der Waals surface area contributed by atoms with Gasteiger partial charge in [-0.1, -0.05) is 54.6 Å². The van der Waals surface area contributed by atoms with Gasteiger partial charge < -0.3 is 18.2 Å². The van der Waals surface area contributed by atoms with Crippen LogP contribution in [0, 0.1) is 0 Å². The van der Waals surface area contributed by atoms with Crippen molar-refractivity contribution in [3.05, 3.63) is 77.9 Å². The average molecular weight is 511 g/mol. The molecule has 1 aromatic heterocycles. The first-order valence-corrected chi connectivity index (χ1v) is 11.5. The monoisotopic (exact) mass is 510 g/mol. The van der Waals surface area contributed by atoms with Crippen LogP contribution in [0.1, 0.15) is 37.8 Å². The fraction of sp³-hybridized carbons (Fsp3) is 0.308. The van der Waals surface area contributed by atoms with E-state index in [1.807, 2.05) is 57.2 Å². The number of ether oxygens (including phenoxy) is 2. The van der Waals surface area contributed by atoms with Crippen molar-refractivity contribution in [2.45, 2.75) is 38.9 Å². The molecule has 2 heterocycles. The third-order valence-corrected chi connectivity index (χ3v) is 5.69. The number of halogens is 1. The summed E-state index contributed by atoms with van der Waals surface area (Å²) in [6, 6.07) is 22.0. The molecule has 0 aliphatic carbocycles. The van der Waals surface area contributed by atoms with Gasteiger partial charge in [0.2, 0.25) is 11.8 Å². The Kier molecular flexibility index (Phi) is 6.88. The summed E-state index contributed by atoms with van der Waals surface area (Å²) in [6.07, 6.45) is -0.254. The van der Waals surface area contributed by atoms with Crippen molar-refractivity contribution in [2.75, 3.05) is 13.1 Å². The maximum atomic E-state index is 12.2. The van der Waals surface area contributed by atoms with Crippen LogP contribution in [0.25, 0.3) is 11.1 Å². The minimum atomic E-state index is -0.479. The third-order valence-electron chi connectivity index (χ3n) is 5.36. The molecule has 0 radical (unpaired) electrons. The molecule has 6 nitrogen and oxygen atoms in total. The zero-order valence-corrected chi connectivity index (χ0v) is 20.5. The van der Waals surface area contributed by atoms with E-state index < -0.39 is 5.60 Å². The molecule has 2 aromatic carbocycles. The predicted molar refractivity (Wildman–Crippen MR) is 131 cm³/mol. The van der Waals surface area contributed by atoms with E-state index in [-0.39, 0.29) is 6.09 Å². The number of carbonyl (C=O) groups excluding carboxylic acids is 1. The fourth-order valence-corrected chi connectivity index (χ4v) is 3.80. The lowest BCUT2D eigenvalue weighted by Gasteiger charge is -2.40. The Morgan fingerprint density at radius 1 is 1.03 bits per heavy atom. The van der Waals surface area contributed by atoms with Crippen LogP contribution < -0.4 is 8.57 Å². The molecule has 0 atom stereocenters. The molecule has 172 valence electrons. The fourth-order valence-electron chi connectivity index (χ4n) is 3.62. The third kappa shape index (κ3) is 5.85. The highest BCUT2D eigenvalue weighted by Gasteiger charge is 2.34. The number of nitrogens with zero attached hydrogens (tertiary/aromatic N) is 2. The second-order valence-electron chi connectivity index (χ2n) is 9.06. The van der Waals surface area contributed by atoms with Gasteiger partial charge in [0.25, 0.3) is 0 Å². The molecule has 0 unspecified atom stereocenters. The van der Waals surface area contributed by atoms with Gasteiger partial charge in [-0.05, 0) is 43.5 Å². The lowest BCUT2D eigenvalue weighted by atomic mass is 9.90. The minimum Gasteiger partial charge on any atom is -0.472 e. The van der Waals surface area contributed by atoms with Crippen molar-refractivity contribution >= 4 is 22.4 Å². The van der Waals surface area contributed by atoms with Crippen LogP contribution in [0.4, 0.5) is 4.79 Å². The Bertz CT molecular complexity index is 1090. The zero-order chi connectivity index (χ0) is 23.4. The summed E-state index contributed by atoms with van der Waals surface area (Å²) in [7, 11) is 0. The van der Waals surface area contributed by atoms with Gasteiger partial charge in [-0.25, -0.2) is 4.79 Å². The molecule has 7 heteroatoms. The van der Waals surface area contributed by atoms with E-state index in [1.165, 1.54) is 5.56 Å². The quantitative estimate of drug-likeness (QED) is 0.386. The van der Waals surface area contributed by atoms with Gasteiger partial charge in [-0.2, -0.15) is 4.98 Å². The predicted octanol–water partition coefficient (Wildman–Crippen LogP) is 6.35. The van der Waals surface area contributed by atoms with Gasteiger partial charge in [-0.15, -0.1) is 0 Å². The van der Waals surface area contributed by atoms with E-state index >= 15 is 0 Å². The molecule has 1 amide bonds. The Morgan fingerprint density at radius 2 is 1.73 bits per heavy atom. The first kappa shape index (κ1) is 23.1. The molecule has 0 spiro atoms. The summed E-state index contributed by atoms with van der Waals surface area (Å²) >= 11 is 2.98. The first-order chi connectivity index (χ1) is 15.8. The maximum Gasteiger partial charge on any atom is 0.410 e. The van der Waals surface area contributed by atoms with Crippen LogP contribution in [0.3, 0.4) is 0 Å². The minimum absolute atomic E-state index is 0.254. The summed E-state index contributed by atoms with van der Waals surface area (Å²) in [6.45, 7) is 7.38. The van der Waals surface area contributed by atoms with Crippen molar-refractivity contribution in [1.29, 1.82) is 0 Å². The zero-order valence-electron chi connectivity index (χ0n) is 19.0. The van der Waals surface area contributed by atoms with Crippen LogP contribution in [-0.2, 0) is 11.3 Å². The van der Waals surface area contributed by atoms with Crippen molar-refractivity contribution in [3.8, 4) is 22.9 Å². The molecule has 0 N–H and O–H groups in total. The largest absolute Gasteiger partial charge is 0.472 e. The van der Waals surface area contributed by atoms with Crippen LogP contribution in [0.2, 0.25) is 0 Å². The summed E-state index contributed by atoms with van der Waals surface area (Å²) in [5, 5.41) is 0. The van der Waals surface area contributed by atoms with Crippen molar-refractivity contribution in [3.63, 3.8) is 0 Å². The number of rotatable bonds is 6. The summed E-state index contributed by atoms with van der Waals surface area (Å²) < 4.78 is 16.6. The summed E-state index contributed by atoms with van der Waals surface area (Å²) in [5.74, 6) is 1.24. The highest BCUT2D eigenvalue weighted by atomic mass is 79.9. The number of hydrogen-bond acceptors (Lipinski definition) is 5. The highest BCUT2D eigenvalue weighted by molar-refractivity contribution is 9.06. The second-order valence-corrected chi connectivity index (χ2v) is 9.38. The lowest BCUT2D eigenvalue weighted by molar-refractivity contribution is 0.00819. The number of likely N-dealkylation sites (tertiary alicyclic amines) is 1. The Hall–Kier alpha value is -3.06. The number of hydrogen-bond donors (Lipinski definition) is 0. The smallest absolute Gasteiger partial charge is 0.410 e. The molecular formula is C26H27BrN2O4. The molecule has 3 aromatic rings. The lowest BCUT2D eigenvalue weighted by Crippen LogP contribution is -2.50. The molecular weight excluding hydrogens is 484 g/mol. The molecule has 1 aliphatic heterocycles. The standard InChI is InChI=1S/C26H27BrN2O4/c1-26(2,3)32-25(30)29-15-21(16-29)19-9-11-20(12-10-19)22-13-14-23(33-27)28-24(22)31-17-18-7-5-4-6-8-18/h4-14,21H,15-17H2,1-3H3. The summed E-state index contributed by atoms with van der Waals surface area (Å²) in [5.41, 5.74) is 3.66.